The van der Waals surface area contributed by atoms with Gasteiger partial charge in [-0.25, -0.2) is 0 Å². The van der Waals surface area contributed by atoms with Crippen LogP contribution in [0.3, 0.4) is 0 Å². The summed E-state index contributed by atoms with van der Waals surface area (Å²) in [5, 5.41) is 11.5. The molecule has 112 valence electrons. The molecule has 1 aliphatic rings. The van der Waals surface area contributed by atoms with Crippen molar-refractivity contribution < 1.29 is 14.6 Å². The highest BCUT2D eigenvalue weighted by Crippen LogP contribution is 2.38. The van der Waals surface area contributed by atoms with E-state index in [0.29, 0.717) is 32.2 Å². The van der Waals surface area contributed by atoms with Gasteiger partial charge in [0.15, 0.2) is 0 Å². The Balaban J connectivity index is 2.26. The van der Waals surface area contributed by atoms with Gasteiger partial charge in [0.2, 0.25) is 5.91 Å². The minimum atomic E-state index is -0.349. The summed E-state index contributed by atoms with van der Waals surface area (Å²) in [5.74, 6) is 0.809. The van der Waals surface area contributed by atoms with Crippen LogP contribution in [0.1, 0.15) is 39.0 Å². The smallest absolute Gasteiger partial charge is 0.227 e. The van der Waals surface area contributed by atoms with Gasteiger partial charge in [-0.1, -0.05) is 6.92 Å². The number of hydrogen-bond acceptors (Lipinski definition) is 4. The van der Waals surface area contributed by atoms with E-state index >= 15 is 0 Å². The Morgan fingerprint density at radius 3 is 2.68 bits per heavy atom. The van der Waals surface area contributed by atoms with Crippen molar-refractivity contribution in [3.05, 3.63) is 0 Å². The van der Waals surface area contributed by atoms with Gasteiger partial charge >= 0.3 is 0 Å². The van der Waals surface area contributed by atoms with E-state index in [1.54, 1.807) is 0 Å². The van der Waals surface area contributed by atoms with Gasteiger partial charge in [-0.15, -0.1) is 0 Å². The normalized spacial score (nSPS) is 27.2. The second-order valence-electron chi connectivity index (χ2n) is 5.61. The fourth-order valence-corrected chi connectivity index (χ4v) is 2.57. The molecule has 5 heteroatoms. The average Bonchev–Trinajstić information content (AvgIpc) is 2.43. The Bertz CT molecular complexity index is 263. The van der Waals surface area contributed by atoms with Gasteiger partial charge in [0, 0.05) is 19.7 Å². The summed E-state index contributed by atoms with van der Waals surface area (Å²) >= 11 is 0. The number of hydrogen-bond donors (Lipinski definition) is 3. The third-order valence-corrected chi connectivity index (χ3v) is 4.09. The van der Waals surface area contributed by atoms with Crippen molar-refractivity contribution in [3.63, 3.8) is 0 Å². The van der Waals surface area contributed by atoms with E-state index in [1.807, 2.05) is 0 Å². The summed E-state index contributed by atoms with van der Waals surface area (Å²) in [5.41, 5.74) is 5.49. The molecule has 0 heterocycles. The Morgan fingerprint density at radius 2 is 2.11 bits per heavy atom. The number of carbonyl (C=O) groups is 1. The summed E-state index contributed by atoms with van der Waals surface area (Å²) in [6.45, 7) is 4.25. The van der Waals surface area contributed by atoms with Crippen LogP contribution in [0.4, 0.5) is 0 Å². The van der Waals surface area contributed by atoms with E-state index in [0.717, 1.165) is 32.1 Å². The van der Waals surface area contributed by atoms with Crippen molar-refractivity contribution in [2.75, 3.05) is 32.9 Å². The van der Waals surface area contributed by atoms with Gasteiger partial charge in [-0.2, -0.15) is 0 Å². The molecule has 1 amide bonds. The molecule has 19 heavy (non-hydrogen) atoms. The van der Waals surface area contributed by atoms with Crippen LogP contribution in [-0.4, -0.2) is 43.9 Å². The monoisotopic (exact) mass is 272 g/mol. The number of ether oxygens (including phenoxy) is 1. The van der Waals surface area contributed by atoms with Crippen LogP contribution >= 0.6 is 0 Å². The molecule has 0 aromatic heterocycles. The van der Waals surface area contributed by atoms with Gasteiger partial charge in [-0.3, -0.25) is 4.79 Å². The fraction of sp³-hybridized carbons (Fsp3) is 0.929. The van der Waals surface area contributed by atoms with Crippen LogP contribution in [0, 0.1) is 11.3 Å². The maximum atomic E-state index is 12.3. The zero-order valence-corrected chi connectivity index (χ0v) is 12.0. The fourth-order valence-electron chi connectivity index (χ4n) is 2.57. The van der Waals surface area contributed by atoms with Crippen molar-refractivity contribution >= 4 is 5.91 Å². The average molecular weight is 272 g/mol. The van der Waals surface area contributed by atoms with Gasteiger partial charge in [-0.05, 0) is 38.0 Å². The molecule has 0 aliphatic heterocycles. The second-order valence-corrected chi connectivity index (χ2v) is 5.61. The second kappa shape index (κ2) is 8.51. The highest BCUT2D eigenvalue weighted by molar-refractivity contribution is 5.83. The first kappa shape index (κ1) is 16.4. The van der Waals surface area contributed by atoms with Gasteiger partial charge in [0.25, 0.3) is 0 Å². The first-order valence-electron chi connectivity index (χ1n) is 7.31. The zero-order chi connectivity index (χ0) is 14.1. The lowest BCUT2D eigenvalue weighted by molar-refractivity contribution is -0.132. The summed E-state index contributed by atoms with van der Waals surface area (Å²) in [6, 6.07) is 0. The van der Waals surface area contributed by atoms with Crippen LogP contribution in [-0.2, 0) is 9.53 Å². The molecule has 1 rings (SSSR count). The number of carbonyl (C=O) groups excluding carboxylic acids is 1. The van der Waals surface area contributed by atoms with Crippen molar-refractivity contribution in [2.24, 2.45) is 17.1 Å². The lowest BCUT2D eigenvalue weighted by Gasteiger charge is -2.37. The Hall–Kier alpha value is -0.650. The Labute approximate surface area is 115 Å². The van der Waals surface area contributed by atoms with Crippen molar-refractivity contribution in [3.8, 4) is 0 Å². The van der Waals surface area contributed by atoms with Crippen LogP contribution in [0.15, 0.2) is 0 Å². The predicted molar refractivity (Wildman–Crippen MR) is 74.7 cm³/mol. The van der Waals surface area contributed by atoms with Crippen LogP contribution in [0.2, 0.25) is 0 Å². The van der Waals surface area contributed by atoms with Gasteiger partial charge in [0.1, 0.15) is 0 Å². The molecule has 0 saturated heterocycles. The summed E-state index contributed by atoms with van der Waals surface area (Å²) in [6.07, 6.45) is 4.74. The number of amides is 1. The molecule has 1 fully saturated rings. The first-order valence-corrected chi connectivity index (χ1v) is 7.31. The largest absolute Gasteiger partial charge is 0.394 e. The molecule has 0 aromatic carbocycles. The van der Waals surface area contributed by atoms with Gasteiger partial charge in [0.05, 0.1) is 18.6 Å². The molecule has 0 radical (unpaired) electrons. The Kier molecular flexibility index (Phi) is 7.34. The van der Waals surface area contributed by atoms with E-state index < -0.39 is 0 Å². The molecular formula is C14H28N2O3. The van der Waals surface area contributed by atoms with E-state index in [4.69, 9.17) is 15.6 Å². The molecule has 5 nitrogen and oxygen atoms in total. The number of nitrogens with two attached hydrogens (primary N) is 1. The number of rotatable bonds is 8. The molecular weight excluding hydrogens is 244 g/mol. The molecule has 0 spiro atoms. The van der Waals surface area contributed by atoms with Crippen molar-refractivity contribution in [1.29, 1.82) is 0 Å². The third kappa shape index (κ3) is 5.09. The highest BCUT2D eigenvalue weighted by Gasteiger charge is 2.39. The van der Waals surface area contributed by atoms with Crippen LogP contribution < -0.4 is 11.1 Å². The SMILES string of the molecule is CC1CCC(CN)(C(=O)NCCCOCCO)CC1. The predicted octanol–water partition coefficient (Wildman–Crippen LogP) is 0.657. The summed E-state index contributed by atoms with van der Waals surface area (Å²) in [7, 11) is 0. The summed E-state index contributed by atoms with van der Waals surface area (Å²) in [4.78, 5) is 12.3. The highest BCUT2D eigenvalue weighted by atomic mass is 16.5. The van der Waals surface area contributed by atoms with Crippen molar-refractivity contribution in [2.45, 2.75) is 39.0 Å². The molecule has 1 saturated carbocycles. The maximum absolute atomic E-state index is 12.3. The molecule has 0 unspecified atom stereocenters. The number of aliphatic hydroxyl groups is 1. The van der Waals surface area contributed by atoms with E-state index in [9.17, 15) is 4.79 Å². The third-order valence-electron chi connectivity index (χ3n) is 4.09. The van der Waals surface area contributed by atoms with Crippen LogP contribution in [0.25, 0.3) is 0 Å². The quantitative estimate of drug-likeness (QED) is 0.567. The van der Waals surface area contributed by atoms with E-state index in [2.05, 4.69) is 12.2 Å². The zero-order valence-electron chi connectivity index (χ0n) is 12.0. The van der Waals surface area contributed by atoms with Crippen molar-refractivity contribution in [1.82, 2.24) is 5.32 Å². The minimum absolute atomic E-state index is 0.0425. The molecule has 0 bridgehead atoms. The lowest BCUT2D eigenvalue weighted by atomic mass is 9.70. The van der Waals surface area contributed by atoms with Crippen LogP contribution in [0.5, 0.6) is 0 Å². The van der Waals surface area contributed by atoms with Gasteiger partial charge < -0.3 is 20.9 Å². The molecule has 0 atom stereocenters. The Morgan fingerprint density at radius 1 is 1.42 bits per heavy atom. The topological polar surface area (TPSA) is 84.6 Å². The molecule has 0 aromatic rings. The minimum Gasteiger partial charge on any atom is -0.394 e. The molecule has 1 aliphatic carbocycles. The molecule has 4 N–H and O–H groups in total. The first-order chi connectivity index (χ1) is 9.14. The standard InChI is InChI=1S/C14H28N2O3/c1-12-3-5-14(11-15,6-4-12)13(18)16-7-2-9-19-10-8-17/h12,17H,2-11,15H2,1H3,(H,16,18). The number of nitrogens with one attached hydrogen (secondary N) is 1. The number of aliphatic hydroxyl groups excluding tert-OH is 1. The lowest BCUT2D eigenvalue weighted by Crippen LogP contribution is -2.48. The summed E-state index contributed by atoms with van der Waals surface area (Å²) < 4.78 is 5.15. The maximum Gasteiger partial charge on any atom is 0.227 e. The van der Waals surface area contributed by atoms with E-state index in [-0.39, 0.29) is 17.9 Å². The van der Waals surface area contributed by atoms with E-state index in [1.165, 1.54) is 0 Å².